The molecule has 2 rings (SSSR count). The molecule has 0 saturated heterocycles. The van der Waals surface area contributed by atoms with Gasteiger partial charge in [-0.05, 0) is 12.0 Å². The van der Waals surface area contributed by atoms with Crippen LogP contribution in [0.15, 0.2) is 42.5 Å². The van der Waals surface area contributed by atoms with Gasteiger partial charge in [0.25, 0.3) is 0 Å². The van der Waals surface area contributed by atoms with Crippen LogP contribution in [0.2, 0.25) is 0 Å². The van der Waals surface area contributed by atoms with Gasteiger partial charge < -0.3 is 14.2 Å². The Labute approximate surface area is 119 Å². The second kappa shape index (κ2) is 7.82. The van der Waals surface area contributed by atoms with E-state index in [2.05, 4.69) is 0 Å². The third-order valence-corrected chi connectivity index (χ3v) is 2.98. The third-order valence-electron chi connectivity index (χ3n) is 2.98. The summed E-state index contributed by atoms with van der Waals surface area (Å²) in [5.74, 6) is -0.278. The van der Waals surface area contributed by atoms with E-state index in [1.54, 1.807) is 0 Å². The minimum Gasteiger partial charge on any atom is -0.463 e. The summed E-state index contributed by atoms with van der Waals surface area (Å²) in [6.07, 6.45) is 4.66. The number of hydrogen-bond acceptors (Lipinski definition) is 4. The van der Waals surface area contributed by atoms with Crippen molar-refractivity contribution in [3.8, 4) is 0 Å². The van der Waals surface area contributed by atoms with Crippen LogP contribution < -0.4 is 0 Å². The fraction of sp³-hybridized carbons (Fsp3) is 0.438. The molecule has 1 aliphatic heterocycles. The first kappa shape index (κ1) is 14.8. The maximum Gasteiger partial charge on any atom is 0.302 e. The van der Waals surface area contributed by atoms with Crippen molar-refractivity contribution in [1.82, 2.24) is 0 Å². The highest BCUT2D eigenvalue weighted by Crippen LogP contribution is 2.14. The van der Waals surface area contributed by atoms with E-state index in [0.717, 1.165) is 12.0 Å². The van der Waals surface area contributed by atoms with E-state index in [1.165, 1.54) is 6.92 Å². The molecule has 108 valence electrons. The zero-order valence-corrected chi connectivity index (χ0v) is 11.7. The van der Waals surface area contributed by atoms with E-state index < -0.39 is 0 Å². The molecule has 0 spiro atoms. The van der Waals surface area contributed by atoms with Crippen LogP contribution in [0.3, 0.4) is 0 Å². The summed E-state index contributed by atoms with van der Waals surface area (Å²) in [5.41, 5.74) is 1.14. The average molecular weight is 276 g/mol. The smallest absolute Gasteiger partial charge is 0.302 e. The second-order valence-electron chi connectivity index (χ2n) is 4.76. The van der Waals surface area contributed by atoms with E-state index in [1.807, 2.05) is 42.5 Å². The molecule has 0 aliphatic carbocycles. The van der Waals surface area contributed by atoms with Crippen LogP contribution in [-0.4, -0.2) is 31.4 Å². The molecule has 0 saturated carbocycles. The highest BCUT2D eigenvalue weighted by Gasteiger charge is 2.19. The van der Waals surface area contributed by atoms with Gasteiger partial charge in [-0.1, -0.05) is 42.5 Å². The monoisotopic (exact) mass is 276 g/mol. The van der Waals surface area contributed by atoms with Crippen LogP contribution in [0.25, 0.3) is 0 Å². The SMILES string of the molecule is CC(=O)OC[C@H]1CC=C[C@@H](COCc2ccccc2)O1. The van der Waals surface area contributed by atoms with Gasteiger partial charge >= 0.3 is 5.97 Å². The highest BCUT2D eigenvalue weighted by molar-refractivity contribution is 5.65. The lowest BCUT2D eigenvalue weighted by Gasteiger charge is -2.25. The summed E-state index contributed by atoms with van der Waals surface area (Å²) in [5, 5.41) is 0. The van der Waals surface area contributed by atoms with Crippen molar-refractivity contribution >= 4 is 5.97 Å². The fourth-order valence-corrected chi connectivity index (χ4v) is 2.01. The van der Waals surface area contributed by atoms with Crippen LogP contribution in [0, 0.1) is 0 Å². The quantitative estimate of drug-likeness (QED) is 0.591. The number of esters is 1. The molecular formula is C16H20O4. The van der Waals surface area contributed by atoms with E-state index in [0.29, 0.717) is 19.8 Å². The third kappa shape index (κ3) is 5.15. The molecule has 1 aromatic rings. The van der Waals surface area contributed by atoms with E-state index in [4.69, 9.17) is 14.2 Å². The van der Waals surface area contributed by atoms with E-state index in [-0.39, 0.29) is 18.2 Å². The van der Waals surface area contributed by atoms with Crippen molar-refractivity contribution in [2.45, 2.75) is 32.2 Å². The summed E-state index contributed by atoms with van der Waals surface area (Å²) in [7, 11) is 0. The Balaban J connectivity index is 1.69. The number of ether oxygens (including phenoxy) is 3. The minimum absolute atomic E-state index is 0.0748. The number of benzene rings is 1. The predicted octanol–water partition coefficient (Wildman–Crippen LogP) is 2.48. The Bertz CT molecular complexity index is 441. The molecule has 1 aromatic carbocycles. The van der Waals surface area contributed by atoms with Gasteiger partial charge in [-0.15, -0.1) is 0 Å². The van der Waals surface area contributed by atoms with Crippen molar-refractivity contribution in [3.63, 3.8) is 0 Å². The fourth-order valence-electron chi connectivity index (χ4n) is 2.01. The van der Waals surface area contributed by atoms with Crippen LogP contribution in [0.4, 0.5) is 0 Å². The molecule has 0 aromatic heterocycles. The van der Waals surface area contributed by atoms with Crippen molar-refractivity contribution in [1.29, 1.82) is 0 Å². The minimum atomic E-state index is -0.278. The highest BCUT2D eigenvalue weighted by atomic mass is 16.6. The first-order valence-electron chi connectivity index (χ1n) is 6.81. The van der Waals surface area contributed by atoms with Gasteiger partial charge in [0.1, 0.15) is 6.61 Å². The molecule has 0 amide bonds. The Morgan fingerprint density at radius 3 is 2.85 bits per heavy atom. The summed E-state index contributed by atoms with van der Waals surface area (Å²) in [6, 6.07) is 10.0. The number of hydrogen-bond donors (Lipinski definition) is 0. The first-order chi connectivity index (χ1) is 9.74. The number of rotatable bonds is 6. The van der Waals surface area contributed by atoms with Gasteiger partial charge in [-0.25, -0.2) is 0 Å². The Hall–Kier alpha value is -1.65. The molecule has 4 nitrogen and oxygen atoms in total. The van der Waals surface area contributed by atoms with Crippen LogP contribution in [0.1, 0.15) is 18.9 Å². The predicted molar refractivity (Wildman–Crippen MR) is 75.1 cm³/mol. The van der Waals surface area contributed by atoms with Gasteiger partial charge in [-0.2, -0.15) is 0 Å². The topological polar surface area (TPSA) is 44.8 Å². The number of carbonyl (C=O) groups is 1. The Morgan fingerprint density at radius 1 is 1.30 bits per heavy atom. The molecule has 0 N–H and O–H groups in total. The molecule has 4 heteroatoms. The number of carbonyl (C=O) groups excluding carboxylic acids is 1. The zero-order valence-electron chi connectivity index (χ0n) is 11.7. The lowest BCUT2D eigenvalue weighted by Crippen LogP contribution is -2.31. The molecule has 1 heterocycles. The van der Waals surface area contributed by atoms with E-state index >= 15 is 0 Å². The summed E-state index contributed by atoms with van der Waals surface area (Å²) < 4.78 is 16.4. The maximum atomic E-state index is 10.8. The van der Waals surface area contributed by atoms with Crippen LogP contribution >= 0.6 is 0 Å². The Kier molecular flexibility index (Phi) is 5.77. The summed E-state index contributed by atoms with van der Waals surface area (Å²) >= 11 is 0. The van der Waals surface area contributed by atoms with Crippen molar-refractivity contribution in [2.75, 3.05) is 13.2 Å². The molecule has 0 fully saturated rings. The molecule has 20 heavy (non-hydrogen) atoms. The standard InChI is InChI=1S/C16H20O4/c1-13(17)19-12-16-9-5-8-15(20-16)11-18-10-14-6-3-2-4-7-14/h2-8,15-16H,9-12H2,1H3/t15-,16+/m0/s1. The van der Waals surface area contributed by atoms with E-state index in [9.17, 15) is 4.79 Å². The first-order valence-corrected chi connectivity index (χ1v) is 6.81. The maximum absolute atomic E-state index is 10.8. The zero-order chi connectivity index (χ0) is 14.2. The molecule has 0 bridgehead atoms. The molecule has 0 unspecified atom stereocenters. The Morgan fingerprint density at radius 2 is 2.10 bits per heavy atom. The van der Waals surface area contributed by atoms with Crippen molar-refractivity contribution in [3.05, 3.63) is 48.0 Å². The summed E-state index contributed by atoms with van der Waals surface area (Å²) in [6.45, 7) is 2.78. The normalized spacial score (nSPS) is 21.6. The van der Waals surface area contributed by atoms with Crippen molar-refractivity contribution in [2.24, 2.45) is 0 Å². The van der Waals surface area contributed by atoms with Gasteiger partial charge in [0, 0.05) is 6.92 Å². The largest absolute Gasteiger partial charge is 0.463 e. The molecule has 0 radical (unpaired) electrons. The van der Waals surface area contributed by atoms with Crippen molar-refractivity contribution < 1.29 is 19.0 Å². The molecule has 1 aliphatic rings. The average Bonchev–Trinajstić information content (AvgIpc) is 2.47. The van der Waals surface area contributed by atoms with Crippen LogP contribution in [0.5, 0.6) is 0 Å². The lowest BCUT2D eigenvalue weighted by atomic mass is 10.1. The van der Waals surface area contributed by atoms with Gasteiger partial charge in [0.15, 0.2) is 0 Å². The molecule has 2 atom stereocenters. The van der Waals surface area contributed by atoms with Gasteiger partial charge in [0.2, 0.25) is 0 Å². The molecular weight excluding hydrogens is 256 g/mol. The van der Waals surface area contributed by atoms with Gasteiger partial charge in [0.05, 0.1) is 25.4 Å². The van der Waals surface area contributed by atoms with Gasteiger partial charge in [-0.3, -0.25) is 4.79 Å². The lowest BCUT2D eigenvalue weighted by molar-refractivity contribution is -0.147. The second-order valence-corrected chi connectivity index (χ2v) is 4.76. The summed E-state index contributed by atoms with van der Waals surface area (Å²) in [4.78, 5) is 10.8. The van der Waals surface area contributed by atoms with Crippen LogP contribution in [-0.2, 0) is 25.6 Å².